The van der Waals surface area contributed by atoms with Crippen molar-refractivity contribution in [1.82, 2.24) is 15.2 Å². The lowest BCUT2D eigenvalue weighted by Crippen LogP contribution is -2.68. The number of benzene rings is 2. The van der Waals surface area contributed by atoms with Gasteiger partial charge in [0.05, 0.1) is 30.5 Å². The van der Waals surface area contributed by atoms with E-state index in [1.807, 2.05) is 36.4 Å². The average Bonchev–Trinajstić information content (AvgIpc) is 3.07. The van der Waals surface area contributed by atoms with Gasteiger partial charge in [0.1, 0.15) is 29.0 Å². The Morgan fingerprint density at radius 3 is 2.17 bits per heavy atom. The monoisotopic (exact) mass is 675 g/mol. The number of nitrogens with zero attached hydrogens (tertiary/aromatic N) is 2. The molecule has 4 bridgehead atoms. The number of carbonyl (C=O) groups is 2. The van der Waals surface area contributed by atoms with Crippen LogP contribution in [-0.4, -0.2) is 73.2 Å². The molecule has 5 fully saturated rings. The number of methoxy groups -OCH3 is 2. The van der Waals surface area contributed by atoms with Crippen LogP contribution in [0.2, 0.25) is 5.02 Å². The van der Waals surface area contributed by atoms with Crippen LogP contribution in [0.15, 0.2) is 48.5 Å². The molecule has 8 rings (SSSR count). The van der Waals surface area contributed by atoms with Crippen LogP contribution in [0.4, 0.5) is 4.79 Å². The highest BCUT2D eigenvalue weighted by Gasteiger charge is 2.61. The summed E-state index contributed by atoms with van der Waals surface area (Å²) in [7, 11) is 5.29. The smallest absolute Gasteiger partial charge is 0.496 e. The second kappa shape index (κ2) is 13.1. The molecule has 1 aliphatic heterocycles. The molecule has 0 radical (unpaired) electrons. The Balaban J connectivity index is 1.29. The van der Waals surface area contributed by atoms with Crippen LogP contribution in [0.1, 0.15) is 55.4 Å². The lowest BCUT2D eigenvalue weighted by Gasteiger charge is -2.59. The molecule has 1 amide bonds. The molecule has 0 spiro atoms. The number of carboxylic acid groups (broad SMARTS) is 1. The third-order valence-corrected chi connectivity index (χ3v) is 11.2. The maximum atomic E-state index is 14.2. The zero-order chi connectivity index (χ0) is 33.6. The quantitative estimate of drug-likeness (QED) is 0.180. The lowest BCUT2D eigenvalue weighted by atomic mass is 9.52. The summed E-state index contributed by atoms with van der Waals surface area (Å²) in [6.07, 6.45) is 4.97. The fourth-order valence-electron chi connectivity index (χ4n) is 8.81. The van der Waals surface area contributed by atoms with Gasteiger partial charge < -0.3 is 34.3 Å². The first-order valence-electron chi connectivity index (χ1n) is 16.8. The maximum absolute atomic E-state index is 14.2. The average molecular weight is 676 g/mol. The Kier molecular flexibility index (Phi) is 8.89. The third kappa shape index (κ3) is 6.05. The number of likely N-dealkylation sites (tertiary alicyclic amines) is 1. The van der Waals surface area contributed by atoms with Gasteiger partial charge in [0, 0.05) is 36.1 Å². The van der Waals surface area contributed by atoms with E-state index < -0.39 is 17.8 Å². The SMILES string of the molecule is COc1cccc(OC)c1-c1ccc(C(=O)NC2(OC(=O)O)C3CC4CC(C3)CC2C4)nc1-c1ccc(Cl)c(OC2CCN(C)CC2)c1. The van der Waals surface area contributed by atoms with E-state index in [1.54, 1.807) is 26.4 Å². The number of hydrogen-bond donors (Lipinski definition) is 2. The van der Waals surface area contributed by atoms with E-state index in [1.165, 1.54) is 6.42 Å². The van der Waals surface area contributed by atoms with Crippen LogP contribution in [0, 0.1) is 23.7 Å². The maximum Gasteiger partial charge on any atom is 0.507 e. The van der Waals surface area contributed by atoms with Gasteiger partial charge >= 0.3 is 6.16 Å². The van der Waals surface area contributed by atoms with Crippen molar-refractivity contribution >= 4 is 23.7 Å². The minimum atomic E-state index is -1.38. The second-order valence-corrected chi connectivity index (χ2v) is 14.2. The van der Waals surface area contributed by atoms with Crippen molar-refractivity contribution in [2.75, 3.05) is 34.4 Å². The molecule has 2 N–H and O–H groups in total. The summed E-state index contributed by atoms with van der Waals surface area (Å²) in [5, 5.41) is 13.4. The molecule has 1 saturated heterocycles. The Hall–Kier alpha value is -4.02. The van der Waals surface area contributed by atoms with E-state index in [0.717, 1.165) is 51.6 Å². The van der Waals surface area contributed by atoms with Gasteiger partial charge in [-0.25, -0.2) is 9.78 Å². The highest BCUT2D eigenvalue weighted by Crippen LogP contribution is 2.58. The summed E-state index contributed by atoms with van der Waals surface area (Å²) in [5.41, 5.74) is 1.39. The first-order chi connectivity index (χ1) is 23.2. The molecule has 4 saturated carbocycles. The molecule has 2 aromatic carbocycles. The van der Waals surface area contributed by atoms with Crippen molar-refractivity contribution in [2.45, 2.75) is 56.8 Å². The van der Waals surface area contributed by atoms with E-state index in [9.17, 15) is 14.7 Å². The Bertz CT molecular complexity index is 1660. The van der Waals surface area contributed by atoms with Crippen LogP contribution < -0.4 is 19.5 Å². The topological polar surface area (TPSA) is 119 Å². The molecule has 11 heteroatoms. The van der Waals surface area contributed by atoms with Crippen molar-refractivity contribution in [3.63, 3.8) is 0 Å². The third-order valence-electron chi connectivity index (χ3n) is 10.9. The molecule has 3 aromatic rings. The molecule has 0 unspecified atom stereocenters. The number of halogens is 1. The summed E-state index contributed by atoms with van der Waals surface area (Å²) < 4.78 is 23.6. The fraction of sp³-hybridized carbons (Fsp3) is 0.486. The largest absolute Gasteiger partial charge is 0.507 e. The molecule has 48 heavy (non-hydrogen) atoms. The minimum Gasteiger partial charge on any atom is -0.496 e. The van der Waals surface area contributed by atoms with Crippen molar-refractivity contribution in [3.8, 4) is 39.6 Å². The summed E-state index contributed by atoms with van der Waals surface area (Å²) in [4.78, 5) is 33.5. The fourth-order valence-corrected chi connectivity index (χ4v) is 8.98. The zero-order valence-corrected chi connectivity index (χ0v) is 28.3. The number of amides is 1. The first kappa shape index (κ1) is 32.5. The highest BCUT2D eigenvalue weighted by atomic mass is 35.5. The number of rotatable bonds is 9. The summed E-state index contributed by atoms with van der Waals surface area (Å²) in [5.74, 6) is 2.17. The lowest BCUT2D eigenvalue weighted by molar-refractivity contribution is -0.191. The first-order valence-corrected chi connectivity index (χ1v) is 17.2. The van der Waals surface area contributed by atoms with E-state index in [4.69, 9.17) is 35.5 Å². The van der Waals surface area contributed by atoms with Gasteiger partial charge in [0.25, 0.3) is 5.91 Å². The summed E-state index contributed by atoms with van der Waals surface area (Å²) in [6, 6.07) is 14.5. The zero-order valence-electron chi connectivity index (χ0n) is 27.5. The van der Waals surface area contributed by atoms with E-state index in [0.29, 0.717) is 56.5 Å². The molecular formula is C37H42ClN3O7. The van der Waals surface area contributed by atoms with Crippen molar-refractivity contribution in [3.05, 3.63) is 59.2 Å². The van der Waals surface area contributed by atoms with Gasteiger partial charge in [-0.15, -0.1) is 0 Å². The van der Waals surface area contributed by atoms with E-state index in [2.05, 4.69) is 17.3 Å². The number of ether oxygens (including phenoxy) is 4. The van der Waals surface area contributed by atoms with Gasteiger partial charge in [0.15, 0.2) is 5.72 Å². The van der Waals surface area contributed by atoms with Crippen LogP contribution in [0.3, 0.4) is 0 Å². The van der Waals surface area contributed by atoms with Crippen molar-refractivity contribution < 1.29 is 33.6 Å². The van der Waals surface area contributed by atoms with Gasteiger partial charge in [-0.3, -0.25) is 4.79 Å². The Morgan fingerprint density at radius 2 is 1.56 bits per heavy atom. The second-order valence-electron chi connectivity index (χ2n) is 13.8. The van der Waals surface area contributed by atoms with Gasteiger partial charge in [-0.2, -0.15) is 0 Å². The van der Waals surface area contributed by atoms with Crippen LogP contribution in [-0.2, 0) is 4.74 Å². The van der Waals surface area contributed by atoms with Gasteiger partial charge in [-0.05, 0) is 100 Å². The summed E-state index contributed by atoms with van der Waals surface area (Å²) >= 11 is 6.67. The minimum absolute atomic E-state index is 0.0270. The Labute approximate surface area is 285 Å². The van der Waals surface area contributed by atoms with Crippen LogP contribution in [0.25, 0.3) is 22.4 Å². The molecule has 254 valence electrons. The predicted octanol–water partition coefficient (Wildman–Crippen LogP) is 7.14. The number of carbonyl (C=O) groups excluding carboxylic acids is 1. The normalized spacial score (nSPS) is 26.6. The number of pyridine rings is 1. The molecule has 4 aliphatic carbocycles. The van der Waals surface area contributed by atoms with Gasteiger partial charge in [-0.1, -0.05) is 23.7 Å². The van der Waals surface area contributed by atoms with E-state index >= 15 is 0 Å². The van der Waals surface area contributed by atoms with Crippen LogP contribution >= 0.6 is 11.6 Å². The number of hydrogen-bond acceptors (Lipinski definition) is 8. The standard InChI is InChI=1S/C37H42ClN3O7/c1-41-13-11-26(12-14-41)47-32-20-23(7-9-28(32)38)34-27(33-30(45-2)5-4-6-31(33)46-3)8-10-29(39-34)35(42)40-37(48-36(43)44)24-16-21-15-22(18-24)19-25(37)17-21/h4-10,20-22,24-26H,11-19H2,1-3H3,(H,40,42)(H,43,44). The van der Waals surface area contributed by atoms with Crippen molar-refractivity contribution in [1.29, 1.82) is 0 Å². The molecule has 2 heterocycles. The van der Waals surface area contributed by atoms with E-state index in [-0.39, 0.29) is 23.6 Å². The molecule has 1 aromatic heterocycles. The molecule has 5 aliphatic rings. The number of nitrogens with one attached hydrogen (secondary N) is 1. The van der Waals surface area contributed by atoms with Gasteiger partial charge in [0.2, 0.25) is 0 Å². The molecular weight excluding hydrogens is 634 g/mol. The van der Waals surface area contributed by atoms with Crippen molar-refractivity contribution in [2.24, 2.45) is 23.7 Å². The molecule has 0 atom stereocenters. The van der Waals surface area contributed by atoms with Crippen LogP contribution in [0.5, 0.6) is 17.2 Å². The summed E-state index contributed by atoms with van der Waals surface area (Å²) in [6.45, 7) is 1.88. The highest BCUT2D eigenvalue weighted by molar-refractivity contribution is 6.32. The Morgan fingerprint density at radius 1 is 0.917 bits per heavy atom. The number of piperidine rings is 1. The molecule has 10 nitrogen and oxygen atoms in total. The number of aromatic nitrogens is 1. The predicted molar refractivity (Wildman–Crippen MR) is 181 cm³/mol.